The van der Waals surface area contributed by atoms with E-state index in [1.54, 1.807) is 0 Å². The number of hydrogen-bond acceptors (Lipinski definition) is 3. The second-order valence-corrected chi connectivity index (χ2v) is 12.7. The van der Waals surface area contributed by atoms with E-state index in [4.69, 9.17) is 4.74 Å². The van der Waals surface area contributed by atoms with E-state index in [0.717, 1.165) is 23.5 Å². The Morgan fingerprint density at radius 2 is 1.13 bits per heavy atom. The SMILES string of the molecule is Cc1ccc(N(c2ccc(OC(=O)C(CC(C)(C)C)C(C)(C)C)cc2)c2ccc(-c3ccccc3)cc2)cc1. The molecule has 0 aromatic heterocycles. The summed E-state index contributed by atoms with van der Waals surface area (Å²) in [5.74, 6) is 0.205. The maximum atomic E-state index is 13.2. The zero-order valence-corrected chi connectivity index (χ0v) is 24.4. The van der Waals surface area contributed by atoms with Crippen molar-refractivity contribution in [2.45, 2.75) is 54.9 Å². The molecular formula is C36H41NO2. The van der Waals surface area contributed by atoms with Crippen molar-refractivity contribution in [3.8, 4) is 16.9 Å². The number of nitrogens with zero attached hydrogens (tertiary/aromatic N) is 1. The number of aryl methyl sites for hydroxylation is 1. The first-order valence-electron chi connectivity index (χ1n) is 13.7. The molecule has 0 saturated heterocycles. The van der Waals surface area contributed by atoms with Gasteiger partial charge >= 0.3 is 5.97 Å². The standard InChI is InChI=1S/C36H41NO2/c1-26-13-17-29(18-14-26)37(30-19-15-28(16-20-30)27-11-9-8-10-12-27)31-21-23-32(24-22-31)39-34(38)33(36(5,6)7)25-35(2,3)4/h8-24,33H,25H2,1-7H3. The Bertz CT molecular complexity index is 1360. The maximum Gasteiger partial charge on any atom is 0.314 e. The highest BCUT2D eigenvalue weighted by Crippen LogP contribution is 2.39. The molecule has 4 rings (SSSR count). The van der Waals surface area contributed by atoms with Crippen LogP contribution >= 0.6 is 0 Å². The van der Waals surface area contributed by atoms with E-state index in [0.29, 0.717) is 5.75 Å². The molecule has 0 heterocycles. The molecule has 4 aromatic rings. The molecule has 0 aliphatic rings. The molecule has 0 fully saturated rings. The minimum Gasteiger partial charge on any atom is -0.426 e. The quantitative estimate of drug-likeness (QED) is 0.180. The number of esters is 1. The van der Waals surface area contributed by atoms with Gasteiger partial charge in [-0.25, -0.2) is 0 Å². The lowest BCUT2D eigenvalue weighted by Gasteiger charge is -2.33. The Balaban J connectivity index is 1.62. The van der Waals surface area contributed by atoms with Gasteiger partial charge in [0, 0.05) is 17.1 Å². The van der Waals surface area contributed by atoms with E-state index in [1.165, 1.54) is 16.7 Å². The van der Waals surface area contributed by atoms with Crippen LogP contribution in [0.25, 0.3) is 11.1 Å². The summed E-state index contributed by atoms with van der Waals surface area (Å²) < 4.78 is 5.92. The zero-order valence-electron chi connectivity index (χ0n) is 24.4. The summed E-state index contributed by atoms with van der Waals surface area (Å²) in [6, 6.07) is 35.3. The predicted octanol–water partition coefficient (Wildman–Crippen LogP) is 10.1. The molecule has 1 unspecified atom stereocenters. The first kappa shape index (κ1) is 28.2. The highest BCUT2D eigenvalue weighted by molar-refractivity contribution is 5.79. The molecule has 0 bridgehead atoms. The van der Waals surface area contributed by atoms with Crippen molar-refractivity contribution >= 4 is 23.0 Å². The third kappa shape index (κ3) is 7.38. The third-order valence-corrected chi connectivity index (χ3v) is 6.98. The van der Waals surface area contributed by atoms with Crippen LogP contribution in [0.4, 0.5) is 17.1 Å². The van der Waals surface area contributed by atoms with Crippen LogP contribution in [0.15, 0.2) is 103 Å². The fourth-order valence-electron chi connectivity index (χ4n) is 4.78. The van der Waals surface area contributed by atoms with Crippen LogP contribution in [-0.2, 0) is 4.79 Å². The second-order valence-electron chi connectivity index (χ2n) is 12.7. The summed E-state index contributed by atoms with van der Waals surface area (Å²) >= 11 is 0. The minimum atomic E-state index is -0.190. The van der Waals surface area contributed by atoms with Crippen molar-refractivity contribution in [2.24, 2.45) is 16.7 Å². The Morgan fingerprint density at radius 3 is 1.62 bits per heavy atom. The number of anilines is 3. The topological polar surface area (TPSA) is 29.5 Å². The van der Waals surface area contributed by atoms with Gasteiger partial charge in [0.25, 0.3) is 0 Å². The molecule has 1 atom stereocenters. The summed E-state index contributed by atoms with van der Waals surface area (Å²) in [6.07, 6.45) is 0.771. The monoisotopic (exact) mass is 519 g/mol. The number of ether oxygens (including phenoxy) is 1. The minimum absolute atomic E-state index is 0.0332. The average Bonchev–Trinajstić information content (AvgIpc) is 2.89. The smallest absolute Gasteiger partial charge is 0.314 e. The van der Waals surface area contributed by atoms with E-state index in [9.17, 15) is 4.79 Å². The van der Waals surface area contributed by atoms with Crippen LogP contribution in [0.5, 0.6) is 5.75 Å². The Hall–Kier alpha value is -3.85. The average molecular weight is 520 g/mol. The van der Waals surface area contributed by atoms with Crippen LogP contribution < -0.4 is 9.64 Å². The van der Waals surface area contributed by atoms with E-state index >= 15 is 0 Å². The van der Waals surface area contributed by atoms with Crippen LogP contribution in [0.3, 0.4) is 0 Å². The summed E-state index contributed by atoms with van der Waals surface area (Å²) in [4.78, 5) is 15.5. The molecular weight excluding hydrogens is 478 g/mol. The second kappa shape index (κ2) is 11.5. The normalized spacial score (nSPS) is 12.6. The highest BCUT2D eigenvalue weighted by Gasteiger charge is 2.36. The molecule has 4 aromatic carbocycles. The van der Waals surface area contributed by atoms with Gasteiger partial charge in [-0.15, -0.1) is 0 Å². The summed E-state index contributed by atoms with van der Waals surface area (Å²) in [5.41, 5.74) is 6.55. The fourth-order valence-corrected chi connectivity index (χ4v) is 4.78. The number of carbonyl (C=O) groups excluding carboxylic acids is 1. The van der Waals surface area contributed by atoms with Gasteiger partial charge in [0.1, 0.15) is 5.75 Å². The Kier molecular flexibility index (Phi) is 8.30. The van der Waals surface area contributed by atoms with E-state index in [1.807, 2.05) is 30.3 Å². The molecule has 0 spiro atoms. The van der Waals surface area contributed by atoms with Gasteiger partial charge in [-0.1, -0.05) is 102 Å². The summed E-state index contributed by atoms with van der Waals surface area (Å²) in [6.45, 7) is 14.9. The summed E-state index contributed by atoms with van der Waals surface area (Å²) in [5, 5.41) is 0. The van der Waals surface area contributed by atoms with Gasteiger partial charge in [0.2, 0.25) is 0 Å². The molecule has 0 aliphatic carbocycles. The molecule has 0 N–H and O–H groups in total. The van der Waals surface area contributed by atoms with Crippen LogP contribution in [0, 0.1) is 23.7 Å². The number of benzene rings is 4. The van der Waals surface area contributed by atoms with Crippen molar-refractivity contribution in [1.82, 2.24) is 0 Å². The van der Waals surface area contributed by atoms with E-state index in [-0.39, 0.29) is 22.7 Å². The van der Waals surface area contributed by atoms with Gasteiger partial charge in [0.05, 0.1) is 5.92 Å². The number of carbonyl (C=O) groups is 1. The van der Waals surface area contributed by atoms with Gasteiger partial charge in [-0.3, -0.25) is 4.79 Å². The summed E-state index contributed by atoms with van der Waals surface area (Å²) in [7, 11) is 0. The zero-order chi connectivity index (χ0) is 28.2. The molecule has 0 saturated carbocycles. The molecule has 3 heteroatoms. The molecule has 0 radical (unpaired) electrons. The lowest BCUT2D eigenvalue weighted by atomic mass is 9.72. The van der Waals surface area contributed by atoms with Crippen molar-refractivity contribution in [3.63, 3.8) is 0 Å². The van der Waals surface area contributed by atoms with Crippen LogP contribution in [-0.4, -0.2) is 5.97 Å². The van der Waals surface area contributed by atoms with E-state index < -0.39 is 0 Å². The number of rotatable bonds is 7. The molecule has 202 valence electrons. The van der Waals surface area contributed by atoms with Gasteiger partial charge in [0.15, 0.2) is 0 Å². The number of hydrogen-bond donors (Lipinski definition) is 0. The maximum absolute atomic E-state index is 13.2. The van der Waals surface area contributed by atoms with Gasteiger partial charge in [-0.2, -0.15) is 0 Å². The molecule has 0 amide bonds. The Morgan fingerprint density at radius 1 is 0.667 bits per heavy atom. The largest absolute Gasteiger partial charge is 0.426 e. The van der Waals surface area contributed by atoms with Gasteiger partial charge in [-0.05, 0) is 83.8 Å². The first-order valence-corrected chi connectivity index (χ1v) is 13.7. The van der Waals surface area contributed by atoms with Crippen molar-refractivity contribution in [2.75, 3.05) is 4.90 Å². The van der Waals surface area contributed by atoms with Crippen LogP contribution in [0.2, 0.25) is 0 Å². The highest BCUT2D eigenvalue weighted by atomic mass is 16.5. The third-order valence-electron chi connectivity index (χ3n) is 6.98. The fraction of sp³-hybridized carbons (Fsp3) is 0.306. The van der Waals surface area contributed by atoms with E-state index in [2.05, 4.69) is 126 Å². The lowest BCUT2D eigenvalue weighted by molar-refractivity contribution is -0.144. The van der Waals surface area contributed by atoms with Crippen molar-refractivity contribution in [1.29, 1.82) is 0 Å². The van der Waals surface area contributed by atoms with Crippen molar-refractivity contribution < 1.29 is 9.53 Å². The van der Waals surface area contributed by atoms with Crippen molar-refractivity contribution in [3.05, 3.63) is 109 Å². The molecule has 0 aliphatic heterocycles. The first-order chi connectivity index (χ1) is 18.4. The molecule has 3 nitrogen and oxygen atoms in total. The predicted molar refractivity (Wildman–Crippen MR) is 164 cm³/mol. The molecule has 39 heavy (non-hydrogen) atoms. The van der Waals surface area contributed by atoms with Crippen LogP contribution in [0.1, 0.15) is 53.5 Å². The Labute approximate surface area is 234 Å². The lowest BCUT2D eigenvalue weighted by Crippen LogP contribution is -2.35. The van der Waals surface area contributed by atoms with Gasteiger partial charge < -0.3 is 9.64 Å².